The van der Waals surface area contributed by atoms with Crippen LogP contribution in [0.3, 0.4) is 0 Å². The van der Waals surface area contributed by atoms with Crippen LogP contribution in [-0.2, 0) is 0 Å². The zero-order chi connectivity index (χ0) is 46.6. The third kappa shape index (κ3) is 94.6. The fraction of sp³-hybridized carbons (Fsp3) is 1.00. The number of rotatable bonds is 12. The first-order valence-corrected chi connectivity index (χ1v) is 21.9. The van der Waals surface area contributed by atoms with Crippen LogP contribution in [0.25, 0.3) is 0 Å². The largest absolute Gasteiger partial charge is 0.396 e. The Balaban J connectivity index is -0.0000000779. The molecule has 0 spiro atoms. The second-order valence-electron chi connectivity index (χ2n) is 18.4. The van der Waals surface area contributed by atoms with Gasteiger partial charge >= 0.3 is 0 Å². The smallest absolute Gasteiger partial charge is 0.0645 e. The molecule has 0 bridgehead atoms. The van der Waals surface area contributed by atoms with Crippen LogP contribution in [-0.4, -0.2) is 115 Å². The number of aliphatic hydroxyl groups excluding tert-OH is 8. The first kappa shape index (κ1) is 73.2. The summed E-state index contributed by atoms with van der Waals surface area (Å²) in [5.41, 5.74) is -0.641. The third-order valence-corrected chi connectivity index (χ3v) is 8.20. The van der Waals surface area contributed by atoms with E-state index in [2.05, 4.69) is 41.5 Å². The second kappa shape index (κ2) is 50.7. The summed E-state index contributed by atoms with van der Waals surface area (Å²) in [6.45, 7) is 39.4. The standard InChI is InChI=1S/C8H16O.C7H16O.C6H14O.2C5H12O.C4H10O2.2C4H10O.C3H8O/c1-2-8(9)6-4-3-5-7-8;1-6(2)4-7(3)5-8;1-5(2)6(3)4-7;1-5(2,3)4-6;1-4-5(2,3)6;1-4(2-5)3-6;1-4(2)3-5;1-3-4(2)5;1-2-3-4/h9H,2-7H2,1H3;6-8H,4-5H2,1-3H3;5-7H,4H2,1-3H3;2*6H,4H2,1-3H3;4-6H,2-3H2,1H3;2*4-5H,3H2,1-2H3;4H,2-3H2,1H3. The van der Waals surface area contributed by atoms with Gasteiger partial charge in [-0.15, -0.1) is 0 Å². The van der Waals surface area contributed by atoms with Crippen molar-refractivity contribution in [2.24, 2.45) is 40.9 Å². The van der Waals surface area contributed by atoms with E-state index in [4.69, 9.17) is 46.0 Å². The lowest BCUT2D eigenvalue weighted by molar-refractivity contribution is 0.000662. The lowest BCUT2D eigenvalue weighted by Crippen LogP contribution is -2.29. The van der Waals surface area contributed by atoms with Crippen LogP contribution in [0.4, 0.5) is 0 Å². The highest BCUT2D eigenvalue weighted by Crippen LogP contribution is 2.30. The molecule has 0 aromatic heterocycles. The molecule has 0 aliphatic heterocycles. The van der Waals surface area contributed by atoms with Crippen molar-refractivity contribution < 1.29 is 51.1 Å². The van der Waals surface area contributed by atoms with Crippen LogP contribution in [0.2, 0.25) is 0 Å². The maximum Gasteiger partial charge on any atom is 0.0645 e. The zero-order valence-corrected chi connectivity index (χ0v) is 41.0. The molecule has 56 heavy (non-hydrogen) atoms. The molecule has 10 nitrogen and oxygen atoms in total. The fourth-order valence-electron chi connectivity index (χ4n) is 2.71. The van der Waals surface area contributed by atoms with Gasteiger partial charge in [0.15, 0.2) is 0 Å². The molecule has 1 saturated carbocycles. The number of aliphatic hydroxyl groups is 10. The van der Waals surface area contributed by atoms with E-state index in [1.165, 1.54) is 19.3 Å². The summed E-state index contributed by atoms with van der Waals surface area (Å²) in [5, 5.41) is 84.7. The van der Waals surface area contributed by atoms with E-state index in [0.29, 0.717) is 50.1 Å². The van der Waals surface area contributed by atoms with Crippen molar-refractivity contribution in [2.75, 3.05) is 46.2 Å². The summed E-state index contributed by atoms with van der Waals surface area (Å²) >= 11 is 0. The quantitative estimate of drug-likeness (QED) is 0.0908. The van der Waals surface area contributed by atoms with Crippen LogP contribution in [0, 0.1) is 40.9 Å². The van der Waals surface area contributed by atoms with Crippen LogP contribution in [0.5, 0.6) is 0 Å². The summed E-state index contributed by atoms with van der Waals surface area (Å²) in [4.78, 5) is 0. The summed E-state index contributed by atoms with van der Waals surface area (Å²) in [7, 11) is 0. The highest BCUT2D eigenvalue weighted by Gasteiger charge is 2.26. The topological polar surface area (TPSA) is 202 Å². The first-order chi connectivity index (χ1) is 25.5. The van der Waals surface area contributed by atoms with Gasteiger partial charge in [-0.3, -0.25) is 0 Å². The van der Waals surface area contributed by atoms with Gasteiger partial charge in [0.05, 0.1) is 17.3 Å². The van der Waals surface area contributed by atoms with Gasteiger partial charge in [-0.2, -0.15) is 0 Å². The van der Waals surface area contributed by atoms with Crippen LogP contribution in [0.1, 0.15) is 196 Å². The van der Waals surface area contributed by atoms with E-state index in [1.54, 1.807) is 27.7 Å². The Hall–Kier alpha value is -0.400. The maximum absolute atomic E-state index is 9.68. The van der Waals surface area contributed by atoms with E-state index in [1.807, 2.05) is 62.3 Å². The average Bonchev–Trinajstić information content (AvgIpc) is 3.15. The van der Waals surface area contributed by atoms with Gasteiger partial charge in [-0.1, -0.05) is 130 Å². The molecule has 10 N–H and O–H groups in total. The summed E-state index contributed by atoms with van der Waals surface area (Å²) < 4.78 is 0. The third-order valence-electron chi connectivity index (χ3n) is 8.20. The van der Waals surface area contributed by atoms with Gasteiger partial charge in [0.25, 0.3) is 0 Å². The molecule has 1 fully saturated rings. The van der Waals surface area contributed by atoms with Crippen molar-refractivity contribution in [3.05, 3.63) is 0 Å². The van der Waals surface area contributed by atoms with E-state index in [-0.39, 0.29) is 42.9 Å². The van der Waals surface area contributed by atoms with Crippen LogP contribution >= 0.6 is 0 Å². The predicted octanol–water partition coefficient (Wildman–Crippen LogP) is 8.62. The number of hydrogen-bond acceptors (Lipinski definition) is 10. The molecule has 352 valence electrons. The normalized spacial score (nSPS) is 14.5. The van der Waals surface area contributed by atoms with Crippen molar-refractivity contribution in [1.29, 1.82) is 0 Å². The Bertz CT molecular complexity index is 625. The molecule has 0 radical (unpaired) electrons. The Morgan fingerprint density at radius 1 is 0.571 bits per heavy atom. The molecule has 0 amide bonds. The average molecular weight is 821 g/mol. The number of hydrogen-bond donors (Lipinski definition) is 10. The molecular weight excluding hydrogens is 712 g/mol. The molecule has 1 rings (SSSR count). The highest BCUT2D eigenvalue weighted by molar-refractivity contribution is 4.80. The molecule has 0 aromatic carbocycles. The predicted molar refractivity (Wildman–Crippen MR) is 243 cm³/mol. The summed E-state index contributed by atoms with van der Waals surface area (Å²) in [5.74, 6) is 2.76. The lowest BCUT2D eigenvalue weighted by Gasteiger charge is -2.30. The second-order valence-corrected chi connectivity index (χ2v) is 18.4. The van der Waals surface area contributed by atoms with Gasteiger partial charge in [0.1, 0.15) is 0 Å². The lowest BCUT2D eigenvalue weighted by atomic mass is 9.83. The van der Waals surface area contributed by atoms with E-state index in [9.17, 15) is 5.11 Å². The monoisotopic (exact) mass is 821 g/mol. The molecule has 3 atom stereocenters. The Morgan fingerprint density at radius 2 is 0.893 bits per heavy atom. The molecule has 0 heterocycles. The fourth-order valence-corrected chi connectivity index (χ4v) is 2.71. The van der Waals surface area contributed by atoms with E-state index >= 15 is 0 Å². The molecule has 1 aliphatic carbocycles. The van der Waals surface area contributed by atoms with Crippen molar-refractivity contribution in [1.82, 2.24) is 0 Å². The molecule has 10 heteroatoms. The molecule has 3 unspecified atom stereocenters. The summed E-state index contributed by atoms with van der Waals surface area (Å²) in [6.07, 6.45) is 10.4. The SMILES string of the molecule is CC(C)(C)CO.CC(C)C(C)CO.CC(C)CC(C)CO.CC(C)CO.CC(CO)CO.CCC(C)(C)O.CCC(C)O.CCC1(O)CCCCC1.CCCO. The van der Waals surface area contributed by atoms with Crippen molar-refractivity contribution in [3.8, 4) is 0 Å². The van der Waals surface area contributed by atoms with Gasteiger partial charge in [0.2, 0.25) is 0 Å². The minimum atomic E-state index is -0.458. The van der Waals surface area contributed by atoms with E-state index in [0.717, 1.165) is 50.9 Å². The van der Waals surface area contributed by atoms with Gasteiger partial charge in [0, 0.05) is 52.2 Å². The highest BCUT2D eigenvalue weighted by atomic mass is 16.3. The molecule has 0 aromatic rings. The Morgan fingerprint density at radius 3 is 0.964 bits per heavy atom. The zero-order valence-electron chi connectivity index (χ0n) is 41.0. The minimum Gasteiger partial charge on any atom is -0.396 e. The van der Waals surface area contributed by atoms with Gasteiger partial charge in [-0.05, 0) is 101 Å². The maximum atomic E-state index is 9.68. The van der Waals surface area contributed by atoms with Crippen molar-refractivity contribution in [2.45, 2.75) is 213 Å². The van der Waals surface area contributed by atoms with Crippen LogP contribution < -0.4 is 0 Å². The van der Waals surface area contributed by atoms with Crippen molar-refractivity contribution in [3.63, 3.8) is 0 Å². The minimum absolute atomic E-state index is 0.0463. The first-order valence-electron chi connectivity index (χ1n) is 21.9. The molecule has 1 aliphatic rings. The molecule has 0 saturated heterocycles. The van der Waals surface area contributed by atoms with Crippen molar-refractivity contribution >= 4 is 0 Å². The van der Waals surface area contributed by atoms with Gasteiger partial charge in [-0.25, -0.2) is 0 Å². The Kier molecular flexibility index (Phi) is 66.3. The Labute approximate surface area is 350 Å². The summed E-state index contributed by atoms with van der Waals surface area (Å²) in [6, 6.07) is 0. The van der Waals surface area contributed by atoms with Gasteiger partial charge < -0.3 is 51.1 Å². The molecular formula is C46H108O10. The van der Waals surface area contributed by atoms with Crippen LogP contribution in [0.15, 0.2) is 0 Å². The van der Waals surface area contributed by atoms with E-state index < -0.39 is 5.60 Å².